The minimum absolute atomic E-state index is 0.0418. The Labute approximate surface area is 262 Å². The van der Waals surface area contributed by atoms with Crippen LogP contribution in [-0.4, -0.2) is 73.8 Å². The van der Waals surface area contributed by atoms with E-state index in [-0.39, 0.29) is 13.2 Å². The van der Waals surface area contributed by atoms with Gasteiger partial charge in [0.05, 0.1) is 13.2 Å². The molecule has 0 radical (unpaired) electrons. The van der Waals surface area contributed by atoms with Gasteiger partial charge in [0, 0.05) is 5.41 Å². The first-order chi connectivity index (χ1) is 18.2. The first-order valence-electron chi connectivity index (χ1n) is 16.2. The van der Waals surface area contributed by atoms with Crippen molar-refractivity contribution >= 4 is 50.4 Å². The van der Waals surface area contributed by atoms with Crippen LogP contribution in [0.2, 0.25) is 104 Å². The van der Waals surface area contributed by atoms with Crippen molar-refractivity contribution in [2.45, 2.75) is 156 Å². The van der Waals surface area contributed by atoms with E-state index in [1.54, 1.807) is 0 Å². The fourth-order valence-electron chi connectivity index (χ4n) is 6.41. The van der Waals surface area contributed by atoms with Crippen molar-refractivity contribution in [1.29, 1.82) is 0 Å². The zero-order chi connectivity index (χ0) is 32.6. The van der Waals surface area contributed by atoms with Crippen LogP contribution in [0.4, 0.5) is 0 Å². The smallest absolute Gasteiger partial charge is 0.314 e. The zero-order valence-corrected chi connectivity index (χ0v) is 36.3. The van der Waals surface area contributed by atoms with Gasteiger partial charge in [-0.25, -0.2) is 0 Å². The molecule has 0 aromatic heterocycles. The van der Waals surface area contributed by atoms with Gasteiger partial charge in [0.15, 0.2) is 33.3 Å². The van der Waals surface area contributed by atoms with E-state index in [0.717, 1.165) is 50.6 Å². The van der Waals surface area contributed by atoms with E-state index in [2.05, 4.69) is 106 Å². The lowest BCUT2D eigenvalue weighted by atomic mass is 9.78. The van der Waals surface area contributed by atoms with Gasteiger partial charge in [0.2, 0.25) is 0 Å². The predicted molar refractivity (Wildman–Crippen MR) is 193 cm³/mol. The maximum atomic E-state index is 10.4. The summed E-state index contributed by atoms with van der Waals surface area (Å²) in [4.78, 5) is 0. The van der Waals surface area contributed by atoms with Crippen molar-refractivity contribution in [2.24, 2.45) is 17.3 Å². The van der Waals surface area contributed by atoms with E-state index in [9.17, 15) is 10.2 Å². The molecular formula is C29H72O6Si6. The summed E-state index contributed by atoms with van der Waals surface area (Å²) in [5, 5.41) is 20.8. The van der Waals surface area contributed by atoms with Gasteiger partial charge in [-0.15, -0.1) is 0 Å². The lowest BCUT2D eigenvalue weighted by Gasteiger charge is -2.40. The normalized spacial score (nSPS) is 16.2. The van der Waals surface area contributed by atoms with Crippen molar-refractivity contribution in [3.63, 3.8) is 0 Å². The van der Waals surface area contributed by atoms with Crippen molar-refractivity contribution in [3.8, 4) is 0 Å². The van der Waals surface area contributed by atoms with Crippen LogP contribution in [0.15, 0.2) is 0 Å². The minimum atomic E-state index is -2.27. The Morgan fingerprint density at radius 1 is 0.488 bits per heavy atom. The molecule has 0 saturated carbocycles. The third kappa shape index (κ3) is 20.7. The molecule has 0 bridgehead atoms. The standard InChI is InChI=1S/C29H72O6Si6/c1-27(23-40(15,32-36(3,4)5)33-37(6,7)8)19-17-21-29(25-30,26-31)22-18-20-28(2)24-41(16,34-38(9,10)11)35-39(12,13)14/h27-28,30-31H,17-26H2,1-16H3. The third-order valence-electron chi connectivity index (χ3n) is 7.01. The van der Waals surface area contributed by atoms with Crippen molar-refractivity contribution in [2.75, 3.05) is 13.2 Å². The van der Waals surface area contributed by atoms with Gasteiger partial charge < -0.3 is 26.7 Å². The van der Waals surface area contributed by atoms with Gasteiger partial charge in [-0.2, -0.15) is 0 Å². The second-order valence-corrected chi connectivity index (χ2v) is 42.9. The molecule has 0 fully saturated rings. The molecule has 0 spiro atoms. The molecule has 0 amide bonds. The van der Waals surface area contributed by atoms with Crippen molar-refractivity contribution in [3.05, 3.63) is 0 Å². The largest absolute Gasteiger partial charge is 0.437 e. The van der Waals surface area contributed by atoms with E-state index in [4.69, 9.17) is 16.5 Å². The maximum absolute atomic E-state index is 10.4. The fourth-order valence-corrected chi connectivity index (χ4v) is 32.5. The molecule has 2 N–H and O–H groups in total. The minimum Gasteiger partial charge on any atom is -0.437 e. The second kappa shape index (κ2) is 16.6. The first-order valence-corrected chi connectivity index (χ1v) is 34.9. The lowest BCUT2D eigenvalue weighted by molar-refractivity contribution is 0.0341. The van der Waals surface area contributed by atoms with Crippen LogP contribution < -0.4 is 0 Å². The number of aliphatic hydroxyl groups is 2. The maximum Gasteiger partial charge on any atom is 0.314 e. The monoisotopic (exact) mass is 684 g/mol. The molecule has 0 aromatic carbocycles. The molecule has 0 aliphatic rings. The van der Waals surface area contributed by atoms with Crippen molar-refractivity contribution in [1.82, 2.24) is 0 Å². The van der Waals surface area contributed by atoms with Crippen LogP contribution >= 0.6 is 0 Å². The van der Waals surface area contributed by atoms with Gasteiger partial charge in [0.25, 0.3) is 0 Å². The highest BCUT2D eigenvalue weighted by atomic mass is 28.5. The molecule has 41 heavy (non-hydrogen) atoms. The van der Waals surface area contributed by atoms with E-state index < -0.39 is 55.8 Å². The molecule has 0 aliphatic heterocycles. The second-order valence-electron chi connectivity index (χ2n) is 17.3. The van der Waals surface area contributed by atoms with Crippen molar-refractivity contribution < 1.29 is 26.7 Å². The summed E-state index contributed by atoms with van der Waals surface area (Å²) in [5.74, 6) is 0.990. The summed E-state index contributed by atoms with van der Waals surface area (Å²) in [7, 11) is -11.4. The number of rotatable bonds is 22. The molecule has 0 rings (SSSR count). The van der Waals surface area contributed by atoms with Crippen LogP contribution in [0.3, 0.4) is 0 Å². The summed E-state index contributed by atoms with van der Waals surface area (Å²) in [6, 6.07) is 2.01. The van der Waals surface area contributed by atoms with E-state index in [0.29, 0.717) is 11.8 Å². The van der Waals surface area contributed by atoms with Gasteiger partial charge in [0.1, 0.15) is 0 Å². The third-order valence-corrected chi connectivity index (χ3v) is 26.6. The Morgan fingerprint density at radius 2 is 0.732 bits per heavy atom. The molecule has 248 valence electrons. The highest BCUT2D eigenvalue weighted by molar-refractivity contribution is 6.88. The van der Waals surface area contributed by atoms with Gasteiger partial charge >= 0.3 is 17.1 Å². The SMILES string of the molecule is CC(CCCC(CO)(CO)CCCC(C)C[Si](C)(O[Si](C)(C)C)O[Si](C)(C)C)C[Si](C)(O[Si](C)(C)C)O[Si](C)(C)C. The number of hydrogen-bond acceptors (Lipinski definition) is 6. The fraction of sp³-hybridized carbons (Fsp3) is 1.00. The van der Waals surface area contributed by atoms with Crippen LogP contribution in [0.25, 0.3) is 0 Å². The Kier molecular flexibility index (Phi) is 17.0. The van der Waals surface area contributed by atoms with Crippen LogP contribution in [0.1, 0.15) is 52.4 Å². The summed E-state index contributed by atoms with van der Waals surface area (Å²) in [6.45, 7) is 36.4. The lowest BCUT2D eigenvalue weighted by Crippen LogP contribution is -2.53. The summed E-state index contributed by atoms with van der Waals surface area (Å²) in [6.07, 6.45) is 5.84. The molecular weight excluding hydrogens is 613 g/mol. The molecule has 12 heteroatoms. The molecule has 0 saturated heterocycles. The van der Waals surface area contributed by atoms with Crippen LogP contribution in [-0.2, 0) is 16.5 Å². The summed E-state index contributed by atoms with van der Waals surface area (Å²) >= 11 is 0. The van der Waals surface area contributed by atoms with E-state index >= 15 is 0 Å². The van der Waals surface area contributed by atoms with E-state index in [1.165, 1.54) is 0 Å². The highest BCUT2D eigenvalue weighted by Gasteiger charge is 2.42. The Hall–Kier alpha value is 1.06. The summed E-state index contributed by atoms with van der Waals surface area (Å²) in [5.41, 5.74) is -0.409. The Balaban J connectivity index is 5.12. The number of hydrogen-bond donors (Lipinski definition) is 2. The van der Waals surface area contributed by atoms with Crippen LogP contribution in [0, 0.1) is 17.3 Å². The van der Waals surface area contributed by atoms with E-state index in [1.807, 2.05) is 0 Å². The highest BCUT2D eigenvalue weighted by Crippen LogP contribution is 2.35. The van der Waals surface area contributed by atoms with Crippen LogP contribution in [0.5, 0.6) is 0 Å². The Bertz CT molecular complexity index is 648. The molecule has 0 aromatic rings. The quantitative estimate of drug-likeness (QED) is 0.111. The average molecular weight is 685 g/mol. The Morgan fingerprint density at radius 3 is 0.927 bits per heavy atom. The molecule has 2 atom stereocenters. The zero-order valence-electron chi connectivity index (χ0n) is 30.3. The predicted octanol–water partition coefficient (Wildman–Crippen LogP) is 9.12. The molecule has 0 heterocycles. The van der Waals surface area contributed by atoms with Gasteiger partial charge in [-0.05, 0) is 128 Å². The van der Waals surface area contributed by atoms with Gasteiger partial charge in [-0.1, -0.05) is 39.5 Å². The summed E-state index contributed by atoms with van der Waals surface area (Å²) < 4.78 is 26.9. The average Bonchev–Trinajstić information content (AvgIpc) is 2.65. The first kappa shape index (κ1) is 42.1. The molecule has 2 unspecified atom stereocenters. The molecule has 0 aliphatic carbocycles. The topological polar surface area (TPSA) is 77.4 Å². The molecule has 6 nitrogen and oxygen atoms in total. The van der Waals surface area contributed by atoms with Gasteiger partial charge in [-0.3, -0.25) is 0 Å². The number of aliphatic hydroxyl groups excluding tert-OH is 2.